The number of hydrogen-bond donors (Lipinski definition) is 1. The van der Waals surface area contributed by atoms with Crippen LogP contribution in [0, 0.1) is 5.92 Å². The number of carbonyl (C=O) groups excluding carboxylic acids is 3. The minimum atomic E-state index is -4.36. The second-order valence-corrected chi connectivity index (χ2v) is 9.05. The summed E-state index contributed by atoms with van der Waals surface area (Å²) < 4.78 is 43.4. The van der Waals surface area contributed by atoms with Crippen LogP contribution in [0.5, 0.6) is 5.75 Å². The van der Waals surface area contributed by atoms with Crippen LogP contribution in [0.15, 0.2) is 52.2 Å². The number of amides is 2. The molecular formula is C26H30F3N3O4. The summed E-state index contributed by atoms with van der Waals surface area (Å²) >= 11 is 0. The summed E-state index contributed by atoms with van der Waals surface area (Å²) in [6.45, 7) is 3.22. The normalized spacial score (nSPS) is 20.2. The number of ether oxygens (including phenoxy) is 1. The summed E-state index contributed by atoms with van der Waals surface area (Å²) in [6, 6.07) is 5.96. The highest BCUT2D eigenvalue weighted by Gasteiger charge is 2.35. The van der Waals surface area contributed by atoms with Crippen LogP contribution in [0.1, 0.15) is 46.0 Å². The molecule has 2 aliphatic rings. The molecule has 0 saturated carbocycles. The Balaban J connectivity index is 1.72. The second kappa shape index (κ2) is 11.5. The first-order chi connectivity index (χ1) is 17.0. The van der Waals surface area contributed by atoms with E-state index in [0.29, 0.717) is 23.4 Å². The van der Waals surface area contributed by atoms with Crippen molar-refractivity contribution in [1.29, 1.82) is 0 Å². The fourth-order valence-electron chi connectivity index (χ4n) is 4.35. The van der Waals surface area contributed by atoms with Gasteiger partial charge in [-0.15, -0.1) is 0 Å². The van der Waals surface area contributed by atoms with Crippen LogP contribution in [-0.4, -0.2) is 54.6 Å². The molecule has 0 spiro atoms. The molecule has 0 fully saturated rings. The van der Waals surface area contributed by atoms with Crippen LogP contribution in [0.4, 0.5) is 18.9 Å². The first kappa shape index (κ1) is 27.2. The lowest BCUT2D eigenvalue weighted by Gasteiger charge is -2.31. The summed E-state index contributed by atoms with van der Waals surface area (Å²) in [6.07, 6.45) is -1.89. The number of ketones is 1. The lowest BCUT2D eigenvalue weighted by molar-refractivity contribution is -0.140. The number of nitrogens with zero attached hydrogens (tertiary/aromatic N) is 2. The van der Waals surface area contributed by atoms with E-state index in [1.807, 2.05) is 0 Å². The number of allylic oxidation sites excluding steroid dienone is 4. The molecule has 1 aromatic carbocycles. The van der Waals surface area contributed by atoms with E-state index in [-0.39, 0.29) is 43.2 Å². The van der Waals surface area contributed by atoms with E-state index in [4.69, 9.17) is 4.74 Å². The zero-order chi connectivity index (χ0) is 26.5. The van der Waals surface area contributed by atoms with Gasteiger partial charge in [-0.2, -0.15) is 13.2 Å². The molecule has 2 amide bonds. The van der Waals surface area contributed by atoms with Gasteiger partial charge in [-0.3, -0.25) is 19.4 Å². The number of rotatable bonds is 8. The van der Waals surface area contributed by atoms with Crippen molar-refractivity contribution in [2.24, 2.45) is 10.9 Å². The molecule has 0 radical (unpaired) electrons. The number of hydrogen-bond acceptors (Lipinski definition) is 5. The summed E-state index contributed by atoms with van der Waals surface area (Å²) in [7, 11) is 1.54. The van der Waals surface area contributed by atoms with Crippen LogP contribution >= 0.6 is 0 Å². The van der Waals surface area contributed by atoms with E-state index < -0.39 is 30.5 Å². The lowest BCUT2D eigenvalue weighted by Crippen LogP contribution is -2.43. The van der Waals surface area contributed by atoms with Crippen molar-refractivity contribution in [3.63, 3.8) is 0 Å². The number of Topliss-reactive ketones (excluding diaryl/α,β-unsaturated/α-hetero) is 1. The topological polar surface area (TPSA) is 88.1 Å². The van der Waals surface area contributed by atoms with E-state index in [1.165, 1.54) is 6.21 Å². The van der Waals surface area contributed by atoms with Crippen molar-refractivity contribution in [2.75, 3.05) is 19.0 Å². The fraction of sp³-hybridized carbons (Fsp3) is 0.462. The van der Waals surface area contributed by atoms with Crippen molar-refractivity contribution >= 4 is 29.5 Å². The minimum absolute atomic E-state index is 0.108. The first-order valence-electron chi connectivity index (χ1n) is 11.8. The van der Waals surface area contributed by atoms with Gasteiger partial charge in [0.25, 0.3) is 5.91 Å². The summed E-state index contributed by atoms with van der Waals surface area (Å²) in [4.78, 5) is 44.2. The van der Waals surface area contributed by atoms with Gasteiger partial charge in [0.2, 0.25) is 5.91 Å². The molecule has 0 saturated heterocycles. The summed E-state index contributed by atoms with van der Waals surface area (Å²) in [5, 5.41) is 2.79. The summed E-state index contributed by atoms with van der Waals surface area (Å²) in [5.41, 5.74) is 2.08. The maximum absolute atomic E-state index is 13.4. The SMILES string of the molecule is COc1ccc(NC(=O)C2C=NC(C(=O)N(CCCC(F)(F)F)C3=C(C)C=C(C)CC3=O)CC2)cc1. The molecule has 7 nitrogen and oxygen atoms in total. The number of aliphatic imine (C=N–C) groups is 1. The zero-order valence-corrected chi connectivity index (χ0v) is 20.5. The van der Waals surface area contributed by atoms with Gasteiger partial charge in [0.1, 0.15) is 11.8 Å². The third kappa shape index (κ3) is 7.05. The average molecular weight is 506 g/mol. The monoisotopic (exact) mass is 505 g/mol. The van der Waals surface area contributed by atoms with E-state index >= 15 is 0 Å². The number of anilines is 1. The molecule has 0 bridgehead atoms. The Morgan fingerprint density at radius 3 is 2.42 bits per heavy atom. The van der Waals surface area contributed by atoms with Crippen LogP contribution < -0.4 is 10.1 Å². The Bertz CT molecular complexity index is 1090. The van der Waals surface area contributed by atoms with Gasteiger partial charge in [0.15, 0.2) is 5.78 Å². The van der Waals surface area contributed by atoms with Gasteiger partial charge >= 0.3 is 6.18 Å². The zero-order valence-electron chi connectivity index (χ0n) is 20.5. The Labute approximate surface area is 208 Å². The Hall–Kier alpha value is -3.43. The van der Waals surface area contributed by atoms with Gasteiger partial charge in [-0.25, -0.2) is 0 Å². The van der Waals surface area contributed by atoms with Gasteiger partial charge in [0.05, 0.1) is 18.7 Å². The predicted octanol–water partition coefficient (Wildman–Crippen LogP) is 4.85. The molecule has 1 aliphatic carbocycles. The highest BCUT2D eigenvalue weighted by Crippen LogP contribution is 2.29. The van der Waals surface area contributed by atoms with E-state index in [9.17, 15) is 27.6 Å². The molecular weight excluding hydrogens is 475 g/mol. The van der Waals surface area contributed by atoms with Crippen molar-refractivity contribution in [1.82, 2.24) is 4.90 Å². The third-order valence-corrected chi connectivity index (χ3v) is 6.09. The quantitative estimate of drug-likeness (QED) is 0.547. The van der Waals surface area contributed by atoms with E-state index in [0.717, 1.165) is 10.5 Å². The maximum atomic E-state index is 13.4. The van der Waals surface area contributed by atoms with Crippen LogP contribution in [0.2, 0.25) is 0 Å². The number of nitrogens with one attached hydrogen (secondary N) is 1. The number of alkyl halides is 3. The molecule has 2 atom stereocenters. The minimum Gasteiger partial charge on any atom is -0.497 e. The molecule has 1 heterocycles. The largest absolute Gasteiger partial charge is 0.497 e. The Morgan fingerprint density at radius 2 is 1.86 bits per heavy atom. The molecule has 10 heteroatoms. The lowest BCUT2D eigenvalue weighted by atomic mass is 9.93. The van der Waals surface area contributed by atoms with E-state index in [1.54, 1.807) is 51.3 Å². The van der Waals surface area contributed by atoms with Crippen LogP contribution in [0.25, 0.3) is 0 Å². The van der Waals surface area contributed by atoms with Gasteiger partial charge < -0.3 is 15.0 Å². The molecule has 3 rings (SSSR count). The second-order valence-electron chi connectivity index (χ2n) is 9.05. The number of benzene rings is 1. The molecule has 1 aromatic rings. The average Bonchev–Trinajstić information content (AvgIpc) is 2.82. The standard InChI is InChI=1S/C26H30F3N3O4/c1-16-13-17(2)23(22(33)14-16)32(12-4-11-26(27,28)29)25(35)21-10-5-18(15-30-21)24(34)31-19-6-8-20(36-3)9-7-19/h6-9,13,15,18,21H,4-5,10-12,14H2,1-3H3,(H,31,34). The predicted molar refractivity (Wildman–Crippen MR) is 130 cm³/mol. The van der Waals surface area contributed by atoms with E-state index in [2.05, 4.69) is 10.3 Å². The Kier molecular flexibility index (Phi) is 8.70. The number of carbonyl (C=O) groups is 3. The molecule has 1 N–H and O–H groups in total. The molecule has 0 aromatic heterocycles. The van der Waals surface area contributed by atoms with Crippen molar-refractivity contribution in [3.05, 3.63) is 47.2 Å². The number of halogens is 3. The fourth-order valence-corrected chi connectivity index (χ4v) is 4.35. The first-order valence-corrected chi connectivity index (χ1v) is 11.8. The van der Waals surface area contributed by atoms with Crippen molar-refractivity contribution in [3.8, 4) is 5.75 Å². The summed E-state index contributed by atoms with van der Waals surface area (Å²) in [5.74, 6) is -1.01. The van der Waals surface area contributed by atoms with Crippen molar-refractivity contribution in [2.45, 2.75) is 58.2 Å². The van der Waals surface area contributed by atoms with Gasteiger partial charge in [0, 0.05) is 31.3 Å². The molecule has 1 aliphatic heterocycles. The van der Waals surface area contributed by atoms with Crippen LogP contribution in [-0.2, 0) is 14.4 Å². The van der Waals surface area contributed by atoms with Gasteiger partial charge in [-0.05, 0) is 62.9 Å². The number of methoxy groups -OCH3 is 1. The molecule has 36 heavy (non-hydrogen) atoms. The maximum Gasteiger partial charge on any atom is 0.389 e. The Morgan fingerprint density at radius 1 is 1.17 bits per heavy atom. The van der Waals surface area contributed by atoms with Gasteiger partial charge in [-0.1, -0.05) is 11.6 Å². The third-order valence-electron chi connectivity index (χ3n) is 6.09. The highest BCUT2D eigenvalue weighted by molar-refractivity contribution is 6.05. The molecule has 2 unspecified atom stereocenters. The smallest absolute Gasteiger partial charge is 0.389 e. The van der Waals surface area contributed by atoms with Crippen molar-refractivity contribution < 1.29 is 32.3 Å². The molecule has 194 valence electrons. The van der Waals surface area contributed by atoms with Crippen LogP contribution in [0.3, 0.4) is 0 Å². The highest BCUT2D eigenvalue weighted by atomic mass is 19.4.